The van der Waals surface area contributed by atoms with E-state index in [0.29, 0.717) is 0 Å². The molecule has 1 rings (SSSR count). The van der Waals surface area contributed by atoms with Crippen molar-refractivity contribution >= 4 is 6.21 Å². The minimum absolute atomic E-state index is 0.0860. The number of ether oxygens (including phenoxy) is 1. The lowest BCUT2D eigenvalue weighted by Crippen LogP contribution is -2.32. The Morgan fingerprint density at radius 2 is 2.60 bits per heavy atom. The maximum Gasteiger partial charge on any atom is 0.163 e. The molecule has 1 aliphatic heterocycles. The van der Waals surface area contributed by atoms with E-state index in [1.54, 1.807) is 19.5 Å². The van der Waals surface area contributed by atoms with Gasteiger partial charge in [-0.15, -0.1) is 0 Å². The number of methoxy groups -OCH3 is 1. The fourth-order valence-electron chi connectivity index (χ4n) is 0.655. The highest BCUT2D eigenvalue weighted by Crippen LogP contribution is 1.94. The molecule has 1 atom stereocenters. The highest BCUT2D eigenvalue weighted by atomic mass is 16.5. The standard InChI is InChI=1S/C6H11N3O/c1-7-5-3-9-6(10-2)4-8-5/h3-4,6-7,9H,1-2H3. The fourth-order valence-corrected chi connectivity index (χ4v) is 0.655. The molecule has 10 heavy (non-hydrogen) atoms. The van der Waals surface area contributed by atoms with E-state index in [1.165, 1.54) is 0 Å². The van der Waals surface area contributed by atoms with Gasteiger partial charge in [-0.05, 0) is 0 Å². The van der Waals surface area contributed by atoms with Crippen molar-refractivity contribution in [1.82, 2.24) is 10.6 Å². The van der Waals surface area contributed by atoms with Crippen molar-refractivity contribution in [2.45, 2.75) is 6.23 Å². The lowest BCUT2D eigenvalue weighted by atomic mass is 10.5. The summed E-state index contributed by atoms with van der Waals surface area (Å²) in [6, 6.07) is 0. The van der Waals surface area contributed by atoms with Gasteiger partial charge in [0.2, 0.25) is 0 Å². The highest BCUT2D eigenvalue weighted by Gasteiger charge is 2.04. The van der Waals surface area contributed by atoms with Crippen molar-refractivity contribution in [3.05, 3.63) is 12.0 Å². The molecule has 1 heterocycles. The zero-order valence-electron chi connectivity index (χ0n) is 6.09. The van der Waals surface area contributed by atoms with Crippen LogP contribution in [0.15, 0.2) is 17.0 Å². The zero-order chi connectivity index (χ0) is 7.40. The molecule has 0 aromatic heterocycles. The molecule has 0 radical (unpaired) electrons. The van der Waals surface area contributed by atoms with E-state index in [2.05, 4.69) is 15.6 Å². The molecule has 1 unspecified atom stereocenters. The predicted octanol–water partition coefficient (Wildman–Crippen LogP) is -0.349. The van der Waals surface area contributed by atoms with Crippen LogP contribution in [0.5, 0.6) is 0 Å². The van der Waals surface area contributed by atoms with Gasteiger partial charge in [-0.3, -0.25) is 0 Å². The lowest BCUT2D eigenvalue weighted by Gasteiger charge is -2.15. The van der Waals surface area contributed by atoms with E-state index in [-0.39, 0.29) is 6.23 Å². The van der Waals surface area contributed by atoms with Crippen LogP contribution in [0.3, 0.4) is 0 Å². The molecular formula is C6H11N3O. The van der Waals surface area contributed by atoms with Crippen LogP contribution >= 0.6 is 0 Å². The zero-order valence-corrected chi connectivity index (χ0v) is 6.09. The first-order valence-corrected chi connectivity index (χ1v) is 3.08. The number of aliphatic imine (C=N–C) groups is 1. The first kappa shape index (κ1) is 7.08. The summed E-state index contributed by atoms with van der Waals surface area (Å²) in [7, 11) is 3.44. The third-order valence-electron chi connectivity index (χ3n) is 1.24. The maximum atomic E-state index is 4.95. The Bertz CT molecular complexity index is 164. The van der Waals surface area contributed by atoms with Gasteiger partial charge in [0, 0.05) is 20.4 Å². The lowest BCUT2D eigenvalue weighted by molar-refractivity contribution is 0.142. The Kier molecular flexibility index (Phi) is 2.28. The Morgan fingerprint density at radius 3 is 3.00 bits per heavy atom. The molecule has 0 aromatic rings. The molecule has 0 aromatic carbocycles. The molecule has 0 saturated carbocycles. The number of nitrogens with zero attached hydrogens (tertiary/aromatic N) is 1. The van der Waals surface area contributed by atoms with Crippen molar-refractivity contribution in [2.75, 3.05) is 14.2 Å². The summed E-state index contributed by atoms with van der Waals surface area (Å²) in [5.41, 5.74) is 0. The van der Waals surface area contributed by atoms with Crippen molar-refractivity contribution in [3.63, 3.8) is 0 Å². The summed E-state index contributed by atoms with van der Waals surface area (Å²) in [6.07, 6.45) is 3.39. The SMILES string of the molecule is CNC1=CNC(OC)C=N1. The van der Waals surface area contributed by atoms with E-state index < -0.39 is 0 Å². The number of hydrogen-bond donors (Lipinski definition) is 2. The first-order chi connectivity index (χ1) is 4.86. The Labute approximate surface area is 60.0 Å². The van der Waals surface area contributed by atoms with Crippen LogP contribution in [0.25, 0.3) is 0 Å². The van der Waals surface area contributed by atoms with Gasteiger partial charge in [0.05, 0.1) is 6.21 Å². The third kappa shape index (κ3) is 1.48. The van der Waals surface area contributed by atoms with Crippen LogP contribution in [0.1, 0.15) is 0 Å². The van der Waals surface area contributed by atoms with Gasteiger partial charge >= 0.3 is 0 Å². The average molecular weight is 141 g/mol. The van der Waals surface area contributed by atoms with E-state index in [0.717, 1.165) is 5.82 Å². The maximum absolute atomic E-state index is 4.95. The normalized spacial score (nSPS) is 23.4. The minimum atomic E-state index is -0.0860. The molecule has 0 spiro atoms. The van der Waals surface area contributed by atoms with Gasteiger partial charge in [-0.25, -0.2) is 4.99 Å². The summed E-state index contributed by atoms with van der Waals surface area (Å²) in [5, 5.41) is 5.87. The van der Waals surface area contributed by atoms with Gasteiger partial charge < -0.3 is 15.4 Å². The average Bonchev–Trinajstić information content (AvgIpc) is 2.05. The monoisotopic (exact) mass is 141 g/mol. The Morgan fingerprint density at radius 1 is 1.80 bits per heavy atom. The number of nitrogens with one attached hydrogen (secondary N) is 2. The van der Waals surface area contributed by atoms with Crippen molar-refractivity contribution in [3.8, 4) is 0 Å². The molecule has 2 N–H and O–H groups in total. The van der Waals surface area contributed by atoms with E-state index >= 15 is 0 Å². The van der Waals surface area contributed by atoms with Crippen molar-refractivity contribution in [1.29, 1.82) is 0 Å². The summed E-state index contributed by atoms with van der Waals surface area (Å²) in [6.45, 7) is 0. The molecule has 0 aliphatic carbocycles. The van der Waals surface area contributed by atoms with Crippen LogP contribution in [0.2, 0.25) is 0 Å². The minimum Gasteiger partial charge on any atom is -0.372 e. The second kappa shape index (κ2) is 3.22. The van der Waals surface area contributed by atoms with E-state index in [4.69, 9.17) is 4.74 Å². The van der Waals surface area contributed by atoms with Gasteiger partial charge in [-0.1, -0.05) is 0 Å². The molecule has 0 bridgehead atoms. The summed E-state index contributed by atoms with van der Waals surface area (Å²) < 4.78 is 4.95. The first-order valence-electron chi connectivity index (χ1n) is 3.08. The molecule has 0 saturated heterocycles. The van der Waals surface area contributed by atoms with Gasteiger partial charge in [0.1, 0.15) is 5.82 Å². The molecular weight excluding hydrogens is 130 g/mol. The summed E-state index contributed by atoms with van der Waals surface area (Å²) >= 11 is 0. The summed E-state index contributed by atoms with van der Waals surface area (Å²) in [4.78, 5) is 4.04. The van der Waals surface area contributed by atoms with E-state index in [9.17, 15) is 0 Å². The van der Waals surface area contributed by atoms with Gasteiger partial charge in [0.25, 0.3) is 0 Å². The van der Waals surface area contributed by atoms with Crippen LogP contribution < -0.4 is 10.6 Å². The fraction of sp³-hybridized carbons (Fsp3) is 0.500. The summed E-state index contributed by atoms with van der Waals surface area (Å²) in [5.74, 6) is 0.813. The molecule has 1 aliphatic rings. The topological polar surface area (TPSA) is 45.6 Å². The quantitative estimate of drug-likeness (QED) is 0.552. The third-order valence-corrected chi connectivity index (χ3v) is 1.24. The van der Waals surface area contributed by atoms with Crippen LogP contribution in [0.4, 0.5) is 0 Å². The van der Waals surface area contributed by atoms with Crippen LogP contribution in [-0.2, 0) is 4.74 Å². The largest absolute Gasteiger partial charge is 0.372 e. The second-order valence-electron chi connectivity index (χ2n) is 1.88. The van der Waals surface area contributed by atoms with E-state index in [1.807, 2.05) is 7.05 Å². The Hall–Kier alpha value is -1.03. The van der Waals surface area contributed by atoms with Gasteiger partial charge in [0.15, 0.2) is 6.23 Å². The molecule has 0 fully saturated rings. The van der Waals surface area contributed by atoms with Crippen LogP contribution in [-0.4, -0.2) is 26.6 Å². The molecule has 4 heteroatoms. The second-order valence-corrected chi connectivity index (χ2v) is 1.88. The Balaban J connectivity index is 2.46. The van der Waals surface area contributed by atoms with Crippen molar-refractivity contribution < 1.29 is 4.74 Å². The molecule has 4 nitrogen and oxygen atoms in total. The number of hydrogen-bond acceptors (Lipinski definition) is 4. The number of rotatable bonds is 2. The molecule has 0 amide bonds. The van der Waals surface area contributed by atoms with Crippen molar-refractivity contribution in [2.24, 2.45) is 4.99 Å². The van der Waals surface area contributed by atoms with Crippen LogP contribution in [0, 0.1) is 0 Å². The smallest absolute Gasteiger partial charge is 0.163 e. The predicted molar refractivity (Wildman–Crippen MR) is 39.6 cm³/mol. The highest BCUT2D eigenvalue weighted by molar-refractivity contribution is 5.65. The molecule has 56 valence electrons. The van der Waals surface area contributed by atoms with Gasteiger partial charge in [-0.2, -0.15) is 0 Å².